The molecule has 0 aromatic heterocycles. The van der Waals surface area contributed by atoms with E-state index in [2.05, 4.69) is 12.6 Å². The van der Waals surface area contributed by atoms with E-state index in [-0.39, 0.29) is 16.7 Å². The Bertz CT molecular complexity index is 304. The summed E-state index contributed by atoms with van der Waals surface area (Å²) in [6.45, 7) is 3.43. The average molecular weight is 203 g/mol. The molecule has 0 aliphatic rings. The highest BCUT2D eigenvalue weighted by Crippen LogP contribution is 2.38. The minimum Gasteiger partial charge on any atom is -0.160 e. The van der Waals surface area contributed by atoms with Crippen LogP contribution in [0.1, 0.15) is 5.56 Å². The normalized spacial score (nSPS) is 11.3. The molecule has 1 radical (unpaired) electrons. The first-order valence-corrected chi connectivity index (χ1v) is 4.23. The van der Waals surface area contributed by atoms with E-state index < -0.39 is 5.51 Å². The number of benzene rings is 1. The monoisotopic (exact) mass is 203 g/mol. The van der Waals surface area contributed by atoms with Crippen LogP contribution >= 0.6 is 11.8 Å². The summed E-state index contributed by atoms with van der Waals surface area (Å²) in [5.41, 5.74) is -3.78. The van der Waals surface area contributed by atoms with Crippen LogP contribution in [0.3, 0.4) is 0 Å². The Balaban J connectivity index is 2.94. The van der Waals surface area contributed by atoms with Gasteiger partial charge in [-0.15, -0.1) is 0 Å². The highest BCUT2D eigenvalue weighted by atomic mass is 32.2. The van der Waals surface area contributed by atoms with Crippen LogP contribution in [0.2, 0.25) is 0 Å². The van der Waals surface area contributed by atoms with Gasteiger partial charge in [0.05, 0.1) is 0 Å². The Morgan fingerprint density at radius 2 is 2.15 bits per heavy atom. The SMILES string of the molecule is C=Cc1cc[c]cc1SC(F)(F)F. The van der Waals surface area contributed by atoms with Gasteiger partial charge in [0.2, 0.25) is 0 Å². The number of halogens is 3. The van der Waals surface area contributed by atoms with Crippen molar-refractivity contribution in [1.29, 1.82) is 0 Å². The zero-order chi connectivity index (χ0) is 9.90. The first kappa shape index (κ1) is 10.2. The lowest BCUT2D eigenvalue weighted by Gasteiger charge is -2.07. The van der Waals surface area contributed by atoms with Crippen molar-refractivity contribution in [3.63, 3.8) is 0 Å². The third-order valence-corrected chi connectivity index (χ3v) is 2.11. The second-order valence-electron chi connectivity index (χ2n) is 2.22. The van der Waals surface area contributed by atoms with Crippen LogP contribution in [0.15, 0.2) is 29.7 Å². The van der Waals surface area contributed by atoms with E-state index in [1.807, 2.05) is 0 Å². The molecule has 0 saturated heterocycles. The van der Waals surface area contributed by atoms with Crippen LogP contribution in [0.25, 0.3) is 6.08 Å². The fraction of sp³-hybridized carbons (Fsp3) is 0.111. The molecular weight excluding hydrogens is 197 g/mol. The summed E-state index contributed by atoms with van der Waals surface area (Å²) < 4.78 is 35.9. The Labute approximate surface area is 78.5 Å². The maximum Gasteiger partial charge on any atom is 0.446 e. The van der Waals surface area contributed by atoms with Gasteiger partial charge in [0.25, 0.3) is 0 Å². The van der Waals surface area contributed by atoms with Crippen molar-refractivity contribution in [2.75, 3.05) is 0 Å². The van der Waals surface area contributed by atoms with Crippen LogP contribution in [0.4, 0.5) is 13.2 Å². The Kier molecular flexibility index (Phi) is 3.03. The molecule has 0 atom stereocenters. The Hall–Kier alpha value is -0.900. The molecular formula is C9H6F3S. The second kappa shape index (κ2) is 3.87. The highest BCUT2D eigenvalue weighted by Gasteiger charge is 2.29. The topological polar surface area (TPSA) is 0 Å². The summed E-state index contributed by atoms with van der Waals surface area (Å²) >= 11 is -0.151. The van der Waals surface area contributed by atoms with E-state index >= 15 is 0 Å². The van der Waals surface area contributed by atoms with Gasteiger partial charge in [0.1, 0.15) is 0 Å². The minimum absolute atomic E-state index is 0.130. The number of thioether (sulfide) groups is 1. The highest BCUT2D eigenvalue weighted by molar-refractivity contribution is 8.00. The van der Waals surface area contributed by atoms with Gasteiger partial charge in [0.15, 0.2) is 0 Å². The fourth-order valence-electron chi connectivity index (χ4n) is 0.809. The van der Waals surface area contributed by atoms with Crippen molar-refractivity contribution < 1.29 is 13.2 Å². The lowest BCUT2D eigenvalue weighted by molar-refractivity contribution is -0.0328. The van der Waals surface area contributed by atoms with Crippen LogP contribution < -0.4 is 0 Å². The Morgan fingerprint density at radius 3 is 2.69 bits per heavy atom. The lowest BCUT2D eigenvalue weighted by atomic mass is 10.2. The van der Waals surface area contributed by atoms with Crippen LogP contribution in [0.5, 0.6) is 0 Å². The summed E-state index contributed by atoms with van der Waals surface area (Å²) in [6.07, 6.45) is 1.39. The van der Waals surface area contributed by atoms with Gasteiger partial charge in [-0.25, -0.2) is 0 Å². The first-order valence-electron chi connectivity index (χ1n) is 3.41. The van der Waals surface area contributed by atoms with Crippen molar-refractivity contribution in [3.05, 3.63) is 36.4 Å². The molecule has 1 aromatic carbocycles. The van der Waals surface area contributed by atoms with Gasteiger partial charge in [-0.1, -0.05) is 24.8 Å². The zero-order valence-electron chi connectivity index (χ0n) is 6.56. The number of hydrogen-bond acceptors (Lipinski definition) is 1. The van der Waals surface area contributed by atoms with Crippen LogP contribution in [-0.2, 0) is 0 Å². The van der Waals surface area contributed by atoms with Crippen LogP contribution in [-0.4, -0.2) is 5.51 Å². The molecule has 0 heterocycles. The van der Waals surface area contributed by atoms with Gasteiger partial charge in [-0.3, -0.25) is 0 Å². The molecule has 0 bridgehead atoms. The standard InChI is InChI=1S/C9H6F3S/c1-2-7-5-3-4-6-8(7)13-9(10,11)12/h2-3,5-6H,1H2. The van der Waals surface area contributed by atoms with Crippen molar-refractivity contribution in [1.82, 2.24) is 0 Å². The summed E-state index contributed by atoms with van der Waals surface area (Å²) in [5, 5.41) is 0. The smallest absolute Gasteiger partial charge is 0.160 e. The predicted octanol–water partition coefficient (Wildman–Crippen LogP) is 3.74. The maximum absolute atomic E-state index is 12.0. The largest absolute Gasteiger partial charge is 0.446 e. The number of alkyl halides is 3. The zero-order valence-corrected chi connectivity index (χ0v) is 7.38. The lowest BCUT2D eigenvalue weighted by Crippen LogP contribution is -1.99. The quantitative estimate of drug-likeness (QED) is 0.660. The van der Waals surface area contributed by atoms with Crippen LogP contribution in [0, 0.1) is 6.07 Å². The molecule has 0 nitrogen and oxygen atoms in total. The van der Waals surface area contributed by atoms with E-state index in [0.717, 1.165) is 0 Å². The molecule has 0 spiro atoms. The van der Waals surface area contributed by atoms with Gasteiger partial charge in [-0.05, 0) is 29.5 Å². The van der Waals surface area contributed by atoms with Gasteiger partial charge < -0.3 is 0 Å². The fourth-order valence-corrected chi connectivity index (χ4v) is 1.45. The molecule has 0 aliphatic heterocycles. The number of hydrogen-bond donors (Lipinski definition) is 0. The average Bonchev–Trinajstić information content (AvgIpc) is 2.02. The predicted molar refractivity (Wildman–Crippen MR) is 47.3 cm³/mol. The summed E-state index contributed by atoms with van der Waals surface area (Å²) in [4.78, 5) is 0.130. The molecule has 0 aliphatic carbocycles. The molecule has 69 valence electrons. The van der Waals surface area contributed by atoms with Crippen molar-refractivity contribution >= 4 is 17.8 Å². The third kappa shape index (κ3) is 3.14. The molecule has 1 rings (SSSR count). The molecule has 0 N–H and O–H groups in total. The molecule has 1 aromatic rings. The molecule has 0 amide bonds. The molecule has 13 heavy (non-hydrogen) atoms. The maximum atomic E-state index is 12.0. The van der Waals surface area contributed by atoms with Gasteiger partial charge in [-0.2, -0.15) is 13.2 Å². The van der Waals surface area contributed by atoms with E-state index in [4.69, 9.17) is 0 Å². The first-order chi connectivity index (χ1) is 6.03. The van der Waals surface area contributed by atoms with Crippen molar-refractivity contribution in [3.8, 4) is 0 Å². The van der Waals surface area contributed by atoms with Gasteiger partial charge in [0, 0.05) is 4.90 Å². The molecule has 0 saturated carbocycles. The summed E-state index contributed by atoms with van der Waals surface area (Å²) in [7, 11) is 0. The Morgan fingerprint density at radius 1 is 1.46 bits per heavy atom. The van der Waals surface area contributed by atoms with E-state index in [1.165, 1.54) is 12.1 Å². The van der Waals surface area contributed by atoms with Crippen molar-refractivity contribution in [2.45, 2.75) is 10.4 Å². The van der Waals surface area contributed by atoms with E-state index in [0.29, 0.717) is 5.56 Å². The number of rotatable bonds is 2. The van der Waals surface area contributed by atoms with E-state index in [9.17, 15) is 13.2 Å². The second-order valence-corrected chi connectivity index (χ2v) is 3.32. The van der Waals surface area contributed by atoms with Crippen molar-refractivity contribution in [2.24, 2.45) is 0 Å². The summed E-state index contributed by atoms with van der Waals surface area (Å²) in [6, 6.07) is 6.99. The third-order valence-electron chi connectivity index (χ3n) is 1.30. The molecule has 0 unspecified atom stereocenters. The molecule has 4 heteroatoms. The van der Waals surface area contributed by atoms with Gasteiger partial charge >= 0.3 is 5.51 Å². The molecule has 0 fully saturated rings. The summed E-state index contributed by atoms with van der Waals surface area (Å²) in [5.74, 6) is 0. The van der Waals surface area contributed by atoms with E-state index in [1.54, 1.807) is 12.1 Å². The minimum atomic E-state index is -4.26.